The highest BCUT2D eigenvalue weighted by Gasteiger charge is 2.53. The molecule has 28 heavy (non-hydrogen) atoms. The molecule has 0 N–H and O–H groups in total. The molecule has 0 bridgehead atoms. The first kappa shape index (κ1) is 20.9. The number of imidazole rings is 1. The van der Waals surface area contributed by atoms with E-state index in [9.17, 15) is 13.2 Å². The number of aromatic nitrogens is 2. The second-order valence-corrected chi connectivity index (χ2v) is 10.3. The topological polar surface area (TPSA) is 90.2 Å². The van der Waals surface area contributed by atoms with E-state index in [1.54, 1.807) is 38.3 Å². The van der Waals surface area contributed by atoms with E-state index in [1.165, 1.54) is 19.4 Å². The Hall–Kier alpha value is -1.84. The number of ether oxygens (including phenoxy) is 2. The van der Waals surface area contributed by atoms with Gasteiger partial charge in [0.15, 0.2) is 5.65 Å². The molecule has 1 saturated carbocycles. The van der Waals surface area contributed by atoms with Gasteiger partial charge in [-0.2, -0.15) is 4.31 Å². The first-order valence-electron chi connectivity index (χ1n) is 8.82. The fourth-order valence-electron chi connectivity index (χ4n) is 2.87. The van der Waals surface area contributed by atoms with Gasteiger partial charge in [0.25, 0.3) is 10.0 Å². The number of sulfonamides is 1. The molecule has 1 aliphatic rings. The summed E-state index contributed by atoms with van der Waals surface area (Å²) < 4.78 is 39.8. The predicted molar refractivity (Wildman–Crippen MR) is 104 cm³/mol. The molecule has 3 rings (SSSR count). The summed E-state index contributed by atoms with van der Waals surface area (Å²) in [7, 11) is -2.68. The van der Waals surface area contributed by atoms with Crippen LogP contribution in [-0.4, -0.2) is 46.5 Å². The third-order valence-electron chi connectivity index (χ3n) is 4.47. The van der Waals surface area contributed by atoms with Crippen molar-refractivity contribution in [3.05, 3.63) is 29.2 Å². The van der Waals surface area contributed by atoms with Gasteiger partial charge in [-0.15, -0.1) is 0 Å². The Morgan fingerprint density at radius 2 is 2.04 bits per heavy atom. The lowest BCUT2D eigenvalue weighted by Gasteiger charge is -2.31. The van der Waals surface area contributed by atoms with Crippen molar-refractivity contribution in [2.24, 2.45) is 0 Å². The molecule has 0 spiro atoms. The number of rotatable bonds is 5. The number of hydrogen-bond acceptors (Lipinski definition) is 6. The van der Waals surface area contributed by atoms with Crippen LogP contribution in [0.3, 0.4) is 0 Å². The minimum absolute atomic E-state index is 0.112. The zero-order chi connectivity index (χ0) is 20.9. The van der Waals surface area contributed by atoms with Crippen molar-refractivity contribution >= 4 is 33.4 Å². The summed E-state index contributed by atoms with van der Waals surface area (Å²) in [4.78, 5) is 16.9. The number of methoxy groups -OCH3 is 1. The Bertz CT molecular complexity index is 1020. The lowest BCUT2D eigenvalue weighted by Crippen LogP contribution is -2.47. The highest BCUT2D eigenvalue weighted by molar-refractivity contribution is 7.89. The van der Waals surface area contributed by atoms with Gasteiger partial charge in [-0.3, -0.25) is 4.40 Å². The van der Waals surface area contributed by atoms with Crippen LogP contribution in [0.1, 0.15) is 46.2 Å². The fourth-order valence-corrected chi connectivity index (χ4v) is 4.90. The van der Waals surface area contributed by atoms with Crippen LogP contribution < -0.4 is 0 Å². The number of pyridine rings is 1. The second kappa shape index (κ2) is 6.89. The molecule has 1 aliphatic carbocycles. The average Bonchev–Trinajstić information content (AvgIpc) is 3.13. The maximum Gasteiger partial charge on any atom is 0.424 e. The lowest BCUT2D eigenvalue weighted by atomic mass is 10.2. The zero-order valence-electron chi connectivity index (χ0n) is 16.5. The van der Waals surface area contributed by atoms with Crippen molar-refractivity contribution in [1.82, 2.24) is 13.7 Å². The number of hydrogen-bond donors (Lipinski definition) is 0. The molecule has 2 aromatic rings. The van der Waals surface area contributed by atoms with Gasteiger partial charge in [-0.1, -0.05) is 11.6 Å². The van der Waals surface area contributed by atoms with E-state index in [1.807, 2.05) is 0 Å². The van der Waals surface area contributed by atoms with Gasteiger partial charge in [0, 0.05) is 13.3 Å². The van der Waals surface area contributed by atoms with E-state index in [2.05, 4.69) is 4.98 Å². The van der Waals surface area contributed by atoms with Gasteiger partial charge in [0.1, 0.15) is 10.5 Å². The predicted octanol–water partition coefficient (Wildman–Crippen LogP) is 3.61. The van der Waals surface area contributed by atoms with Crippen molar-refractivity contribution in [3.63, 3.8) is 0 Å². The first-order chi connectivity index (χ1) is 12.9. The summed E-state index contributed by atoms with van der Waals surface area (Å²) in [5.41, 5.74) is -0.590. The summed E-state index contributed by atoms with van der Waals surface area (Å²) in [5, 5.41) is 0.161. The van der Waals surface area contributed by atoms with Crippen LogP contribution in [0.25, 0.3) is 5.65 Å². The monoisotopic (exact) mass is 429 g/mol. The minimum Gasteiger partial charge on any atom is -0.443 e. The third kappa shape index (κ3) is 3.83. The van der Waals surface area contributed by atoms with Gasteiger partial charge in [-0.25, -0.2) is 18.2 Å². The Labute approximate surface area is 169 Å². The maximum atomic E-state index is 13.4. The molecule has 10 heteroatoms. The number of carbonyl (C=O) groups is 1. The molecule has 0 unspecified atom stereocenters. The number of carbonyl (C=O) groups excluding carboxylic acids is 1. The smallest absolute Gasteiger partial charge is 0.424 e. The molecular formula is C18H24ClN3O5S. The summed E-state index contributed by atoms with van der Waals surface area (Å²) >= 11 is 6.28. The number of amides is 1. The van der Waals surface area contributed by atoms with Crippen LogP contribution in [0, 0.1) is 0 Å². The van der Waals surface area contributed by atoms with Crippen molar-refractivity contribution < 1.29 is 22.7 Å². The Kier molecular flexibility index (Phi) is 5.14. The highest BCUT2D eigenvalue weighted by Crippen LogP contribution is 2.45. The van der Waals surface area contributed by atoms with Crippen LogP contribution in [0.2, 0.25) is 5.02 Å². The Morgan fingerprint density at radius 3 is 2.57 bits per heavy atom. The van der Waals surface area contributed by atoms with Gasteiger partial charge in [0.05, 0.1) is 29.1 Å². The van der Waals surface area contributed by atoms with Crippen molar-refractivity contribution in [3.8, 4) is 0 Å². The molecule has 0 aliphatic heterocycles. The standard InChI is InChI=1S/C18H24ClN3O5S/c1-17(2,3)27-16(23)22(18(4)6-7-18)28(24,25)13-8-14(19)15-20-9-12(11-26-5)21(15)10-13/h8-10H,6-7,11H2,1-5H3. The Balaban J connectivity index is 2.11. The average molecular weight is 430 g/mol. The summed E-state index contributed by atoms with van der Waals surface area (Å²) in [6.07, 6.45) is 3.21. The van der Waals surface area contributed by atoms with E-state index < -0.39 is 27.3 Å². The normalized spacial score (nSPS) is 16.2. The minimum atomic E-state index is -4.21. The zero-order valence-corrected chi connectivity index (χ0v) is 18.1. The van der Waals surface area contributed by atoms with E-state index in [0.29, 0.717) is 24.2 Å². The van der Waals surface area contributed by atoms with Gasteiger partial charge in [-0.05, 0) is 46.6 Å². The lowest BCUT2D eigenvalue weighted by molar-refractivity contribution is 0.0332. The molecule has 0 saturated heterocycles. The first-order valence-corrected chi connectivity index (χ1v) is 10.6. The maximum absolute atomic E-state index is 13.4. The summed E-state index contributed by atoms with van der Waals surface area (Å²) in [5.74, 6) is 0. The SMILES string of the molecule is COCc1cnc2c(Cl)cc(S(=O)(=O)N(C(=O)OC(C)(C)C)C3(C)CC3)cn12. The molecule has 1 fully saturated rings. The third-order valence-corrected chi connectivity index (χ3v) is 6.63. The summed E-state index contributed by atoms with van der Waals surface area (Å²) in [6.45, 7) is 7.03. The number of nitrogens with zero attached hydrogens (tertiary/aromatic N) is 3. The largest absolute Gasteiger partial charge is 0.443 e. The van der Waals surface area contributed by atoms with Gasteiger partial charge < -0.3 is 9.47 Å². The second-order valence-electron chi connectivity index (χ2n) is 8.15. The van der Waals surface area contributed by atoms with Crippen molar-refractivity contribution in [2.75, 3.05) is 7.11 Å². The molecule has 2 heterocycles. The molecule has 1 amide bonds. The van der Waals surface area contributed by atoms with Crippen LogP contribution in [0.15, 0.2) is 23.4 Å². The molecule has 2 aromatic heterocycles. The van der Waals surface area contributed by atoms with Crippen molar-refractivity contribution in [1.29, 1.82) is 0 Å². The number of fused-ring (bicyclic) bond motifs is 1. The molecular weight excluding hydrogens is 406 g/mol. The quantitative estimate of drug-likeness (QED) is 0.721. The molecule has 0 radical (unpaired) electrons. The van der Waals surface area contributed by atoms with E-state index >= 15 is 0 Å². The van der Waals surface area contributed by atoms with Crippen LogP contribution >= 0.6 is 11.6 Å². The van der Waals surface area contributed by atoms with E-state index in [4.69, 9.17) is 21.1 Å². The molecule has 0 atom stereocenters. The summed E-state index contributed by atoms with van der Waals surface area (Å²) in [6, 6.07) is 1.30. The molecule has 0 aromatic carbocycles. The van der Waals surface area contributed by atoms with Crippen molar-refractivity contribution in [2.45, 2.75) is 63.2 Å². The van der Waals surface area contributed by atoms with Crippen LogP contribution in [0.4, 0.5) is 4.79 Å². The molecule has 154 valence electrons. The Morgan fingerprint density at radius 1 is 1.39 bits per heavy atom. The molecule has 8 nitrogen and oxygen atoms in total. The van der Waals surface area contributed by atoms with Gasteiger partial charge >= 0.3 is 6.09 Å². The van der Waals surface area contributed by atoms with Gasteiger partial charge in [0.2, 0.25) is 0 Å². The number of halogens is 1. The van der Waals surface area contributed by atoms with E-state index in [-0.39, 0.29) is 16.5 Å². The van der Waals surface area contributed by atoms with Crippen LogP contribution in [0.5, 0.6) is 0 Å². The highest BCUT2D eigenvalue weighted by atomic mass is 35.5. The van der Waals surface area contributed by atoms with E-state index in [0.717, 1.165) is 4.31 Å². The fraction of sp³-hybridized carbons (Fsp3) is 0.556. The van der Waals surface area contributed by atoms with Crippen LogP contribution in [-0.2, 0) is 26.1 Å².